The third-order valence-electron chi connectivity index (χ3n) is 2.88. The molecule has 1 aliphatic rings. The van der Waals surface area contributed by atoms with Gasteiger partial charge < -0.3 is 0 Å². The molecule has 0 spiro atoms. The van der Waals surface area contributed by atoms with E-state index in [1.807, 2.05) is 6.07 Å². The number of hydrogen-bond donors (Lipinski definition) is 0. The summed E-state index contributed by atoms with van der Waals surface area (Å²) in [7, 11) is 0. The number of halogens is 2. The number of benzene rings is 1. The second-order valence-electron chi connectivity index (χ2n) is 4.00. The zero-order valence-corrected chi connectivity index (χ0v) is 9.81. The molecule has 1 fully saturated rings. The van der Waals surface area contributed by atoms with Gasteiger partial charge in [0, 0.05) is 22.9 Å². The quantitative estimate of drug-likeness (QED) is 0.721. The van der Waals surface area contributed by atoms with Crippen LogP contribution in [-0.2, 0) is 4.79 Å². The summed E-state index contributed by atoms with van der Waals surface area (Å²) in [6.07, 6.45) is 3.33. The van der Waals surface area contributed by atoms with Crippen LogP contribution in [0.4, 0.5) is 0 Å². The predicted octanol–water partition coefficient (Wildman–Crippen LogP) is 4.22. The molecule has 0 aromatic heterocycles. The molecule has 15 heavy (non-hydrogen) atoms. The first-order valence-electron chi connectivity index (χ1n) is 5.13. The summed E-state index contributed by atoms with van der Waals surface area (Å²) < 4.78 is 0. The van der Waals surface area contributed by atoms with E-state index in [1.54, 1.807) is 12.1 Å². The monoisotopic (exact) mass is 242 g/mol. The molecule has 0 amide bonds. The van der Waals surface area contributed by atoms with Crippen molar-refractivity contribution in [2.75, 3.05) is 0 Å². The van der Waals surface area contributed by atoms with E-state index >= 15 is 0 Å². The Bertz CT molecular complexity index is 387. The Kier molecular flexibility index (Phi) is 3.32. The Balaban J connectivity index is 2.27. The second kappa shape index (κ2) is 4.54. The maximum atomic E-state index is 11.4. The van der Waals surface area contributed by atoms with Gasteiger partial charge in [0.1, 0.15) is 5.78 Å². The van der Waals surface area contributed by atoms with Crippen LogP contribution in [0.2, 0.25) is 10.0 Å². The molecule has 0 aliphatic heterocycles. The molecule has 0 radical (unpaired) electrons. The SMILES string of the molecule is O=C1CCCC(c2cc(Cl)ccc2Cl)C1. The van der Waals surface area contributed by atoms with Gasteiger partial charge in [-0.25, -0.2) is 0 Å². The van der Waals surface area contributed by atoms with E-state index in [1.165, 1.54) is 0 Å². The van der Waals surface area contributed by atoms with Crippen LogP contribution in [0.25, 0.3) is 0 Å². The Morgan fingerprint density at radius 1 is 1.27 bits per heavy atom. The highest BCUT2D eigenvalue weighted by Crippen LogP contribution is 2.36. The lowest BCUT2D eigenvalue weighted by atomic mass is 9.83. The molecular formula is C12H12Cl2O. The lowest BCUT2D eigenvalue weighted by molar-refractivity contribution is -0.120. The normalized spacial score (nSPS) is 21.7. The van der Waals surface area contributed by atoms with E-state index in [0.717, 1.165) is 23.4 Å². The van der Waals surface area contributed by atoms with Gasteiger partial charge >= 0.3 is 0 Å². The fraction of sp³-hybridized carbons (Fsp3) is 0.417. The summed E-state index contributed by atoms with van der Waals surface area (Å²) >= 11 is 12.0. The average molecular weight is 243 g/mol. The number of ketones is 1. The first-order chi connectivity index (χ1) is 7.16. The first-order valence-corrected chi connectivity index (χ1v) is 5.89. The molecule has 1 nitrogen and oxygen atoms in total. The minimum Gasteiger partial charge on any atom is -0.300 e. The Morgan fingerprint density at radius 3 is 2.80 bits per heavy atom. The van der Waals surface area contributed by atoms with Crippen LogP contribution in [0, 0.1) is 0 Å². The largest absolute Gasteiger partial charge is 0.300 e. The molecule has 1 aromatic carbocycles. The third-order valence-corrected chi connectivity index (χ3v) is 3.46. The van der Waals surface area contributed by atoms with Crippen LogP contribution in [0.3, 0.4) is 0 Å². The van der Waals surface area contributed by atoms with Crippen LogP contribution < -0.4 is 0 Å². The molecule has 0 heterocycles. The number of carbonyl (C=O) groups is 1. The third kappa shape index (κ3) is 2.53. The van der Waals surface area contributed by atoms with Crippen molar-refractivity contribution in [3.8, 4) is 0 Å². The minimum atomic E-state index is 0.262. The van der Waals surface area contributed by atoms with E-state index < -0.39 is 0 Å². The van der Waals surface area contributed by atoms with Crippen LogP contribution in [0.1, 0.15) is 37.2 Å². The Morgan fingerprint density at radius 2 is 2.07 bits per heavy atom. The highest BCUT2D eigenvalue weighted by Gasteiger charge is 2.22. The zero-order valence-electron chi connectivity index (χ0n) is 8.30. The fourth-order valence-corrected chi connectivity index (χ4v) is 2.57. The second-order valence-corrected chi connectivity index (χ2v) is 4.84. The molecule has 1 unspecified atom stereocenters. The highest BCUT2D eigenvalue weighted by atomic mass is 35.5. The molecular weight excluding hydrogens is 231 g/mol. The number of Topliss-reactive ketones (excluding diaryl/α,β-unsaturated/α-hetero) is 1. The average Bonchev–Trinajstić information content (AvgIpc) is 2.22. The van der Waals surface area contributed by atoms with Crippen molar-refractivity contribution < 1.29 is 4.79 Å². The van der Waals surface area contributed by atoms with Gasteiger partial charge in [0.05, 0.1) is 0 Å². The van der Waals surface area contributed by atoms with Crippen molar-refractivity contribution in [1.82, 2.24) is 0 Å². The van der Waals surface area contributed by atoms with Crippen molar-refractivity contribution in [2.45, 2.75) is 31.6 Å². The summed E-state index contributed by atoms with van der Waals surface area (Å²) in [5.74, 6) is 0.597. The van der Waals surface area contributed by atoms with Crippen LogP contribution >= 0.6 is 23.2 Å². The van der Waals surface area contributed by atoms with Crippen LogP contribution in [0.15, 0.2) is 18.2 Å². The van der Waals surface area contributed by atoms with Crippen molar-refractivity contribution in [1.29, 1.82) is 0 Å². The van der Waals surface area contributed by atoms with Gasteiger partial charge in [0.25, 0.3) is 0 Å². The van der Waals surface area contributed by atoms with Crippen molar-refractivity contribution in [3.63, 3.8) is 0 Å². The fourth-order valence-electron chi connectivity index (χ4n) is 2.12. The molecule has 1 atom stereocenters. The molecule has 0 saturated heterocycles. The summed E-state index contributed by atoms with van der Waals surface area (Å²) in [5, 5.41) is 1.41. The van der Waals surface area contributed by atoms with Crippen molar-refractivity contribution >= 4 is 29.0 Å². The van der Waals surface area contributed by atoms with E-state index in [2.05, 4.69) is 0 Å². The van der Waals surface area contributed by atoms with Gasteiger partial charge in [0.2, 0.25) is 0 Å². The summed E-state index contributed by atoms with van der Waals surface area (Å²) in [5.41, 5.74) is 1.03. The number of rotatable bonds is 1. The van der Waals surface area contributed by atoms with Gasteiger partial charge in [-0.1, -0.05) is 23.2 Å². The maximum absolute atomic E-state index is 11.4. The lowest BCUT2D eigenvalue weighted by Gasteiger charge is -2.22. The summed E-state index contributed by atoms with van der Waals surface area (Å²) in [4.78, 5) is 11.4. The van der Waals surface area contributed by atoms with Gasteiger partial charge in [0.15, 0.2) is 0 Å². The molecule has 0 N–H and O–H groups in total. The van der Waals surface area contributed by atoms with Crippen LogP contribution in [0.5, 0.6) is 0 Å². The molecule has 0 bridgehead atoms. The molecule has 2 rings (SSSR count). The maximum Gasteiger partial charge on any atom is 0.133 e. The molecule has 1 aliphatic carbocycles. The topological polar surface area (TPSA) is 17.1 Å². The van der Waals surface area contributed by atoms with E-state index in [0.29, 0.717) is 23.6 Å². The molecule has 3 heteroatoms. The minimum absolute atomic E-state index is 0.262. The van der Waals surface area contributed by atoms with Gasteiger partial charge in [-0.2, -0.15) is 0 Å². The lowest BCUT2D eigenvalue weighted by Crippen LogP contribution is -2.13. The first kappa shape index (κ1) is 11.0. The van der Waals surface area contributed by atoms with E-state index in [9.17, 15) is 4.79 Å². The molecule has 80 valence electrons. The molecule has 1 aromatic rings. The van der Waals surface area contributed by atoms with Gasteiger partial charge in [-0.3, -0.25) is 4.79 Å². The zero-order chi connectivity index (χ0) is 10.8. The van der Waals surface area contributed by atoms with Gasteiger partial charge in [-0.05, 0) is 42.5 Å². The summed E-state index contributed by atoms with van der Waals surface area (Å²) in [6, 6.07) is 5.46. The number of hydrogen-bond acceptors (Lipinski definition) is 1. The standard InChI is InChI=1S/C12H12Cl2O/c13-9-4-5-12(14)11(7-9)8-2-1-3-10(15)6-8/h4-5,7-8H,1-3,6H2. The smallest absolute Gasteiger partial charge is 0.133 e. The van der Waals surface area contributed by atoms with Crippen molar-refractivity contribution in [3.05, 3.63) is 33.8 Å². The highest BCUT2D eigenvalue weighted by molar-refractivity contribution is 6.33. The molecule has 1 saturated carbocycles. The summed E-state index contributed by atoms with van der Waals surface area (Å²) in [6.45, 7) is 0. The predicted molar refractivity (Wildman–Crippen MR) is 62.7 cm³/mol. The van der Waals surface area contributed by atoms with Crippen LogP contribution in [-0.4, -0.2) is 5.78 Å². The van der Waals surface area contributed by atoms with Crippen molar-refractivity contribution in [2.24, 2.45) is 0 Å². The Hall–Kier alpha value is -0.530. The Labute approximate surface area is 99.4 Å². The number of carbonyl (C=O) groups excluding carboxylic acids is 1. The van der Waals surface area contributed by atoms with E-state index in [-0.39, 0.29) is 5.92 Å². The van der Waals surface area contributed by atoms with Gasteiger partial charge in [-0.15, -0.1) is 0 Å². The van der Waals surface area contributed by atoms with E-state index in [4.69, 9.17) is 23.2 Å².